The molecule has 0 aliphatic carbocycles. The number of rotatable bonds is 5. The lowest BCUT2D eigenvalue weighted by Gasteiger charge is -2.21. The Balaban J connectivity index is 1.82. The zero-order chi connectivity index (χ0) is 18.7. The van der Waals surface area contributed by atoms with E-state index in [-0.39, 0.29) is 10.8 Å². The van der Waals surface area contributed by atoms with E-state index in [1.807, 2.05) is 0 Å². The van der Waals surface area contributed by atoms with Gasteiger partial charge in [0.05, 0.1) is 12.0 Å². The molecule has 3 rings (SSSR count). The predicted molar refractivity (Wildman–Crippen MR) is 94.6 cm³/mol. The van der Waals surface area contributed by atoms with Crippen LogP contribution in [0.4, 0.5) is 5.69 Å². The van der Waals surface area contributed by atoms with Crippen LogP contribution in [-0.2, 0) is 10.0 Å². The maximum atomic E-state index is 12.5. The van der Waals surface area contributed by atoms with Gasteiger partial charge in [0, 0.05) is 11.3 Å². The van der Waals surface area contributed by atoms with Gasteiger partial charge in [-0.2, -0.15) is 0 Å². The summed E-state index contributed by atoms with van der Waals surface area (Å²) in [7, 11) is -0.709. The predicted octanol–water partition coefficient (Wildman–Crippen LogP) is 1.63. The smallest absolute Gasteiger partial charge is 0.255 e. The Hall–Kier alpha value is -2.78. The standard InChI is InChI=1S/C17H18N2O6S/c1-18-26(21,22)13-5-3-12(4-6-13)19-17(20)11-9-14(23-2)16-15(10-11)24-7-8-25-16/h3-6,9-10,18H,7-8H2,1-2H3,(H,19,20). The van der Waals surface area contributed by atoms with Crippen molar-refractivity contribution < 1.29 is 27.4 Å². The minimum absolute atomic E-state index is 0.110. The fraction of sp³-hybridized carbons (Fsp3) is 0.235. The molecule has 26 heavy (non-hydrogen) atoms. The minimum atomic E-state index is -3.52. The molecule has 0 saturated heterocycles. The summed E-state index contributed by atoms with van der Waals surface area (Å²) < 4.78 is 42.0. The zero-order valence-corrected chi connectivity index (χ0v) is 15.1. The van der Waals surface area contributed by atoms with Crippen LogP contribution in [0.5, 0.6) is 17.2 Å². The normalized spacial score (nSPS) is 13.2. The number of carbonyl (C=O) groups is 1. The number of nitrogens with one attached hydrogen (secondary N) is 2. The number of carbonyl (C=O) groups excluding carboxylic acids is 1. The Morgan fingerprint density at radius 2 is 1.81 bits per heavy atom. The second kappa shape index (κ2) is 7.22. The van der Waals surface area contributed by atoms with E-state index >= 15 is 0 Å². The van der Waals surface area contributed by atoms with Gasteiger partial charge in [-0.1, -0.05) is 0 Å². The number of fused-ring (bicyclic) bond motifs is 1. The molecule has 1 aliphatic rings. The summed E-state index contributed by atoms with van der Waals surface area (Å²) in [6.07, 6.45) is 0. The van der Waals surface area contributed by atoms with Gasteiger partial charge in [0.1, 0.15) is 13.2 Å². The number of sulfonamides is 1. The Bertz CT molecular complexity index is 908. The molecule has 0 unspecified atom stereocenters. The molecule has 1 amide bonds. The minimum Gasteiger partial charge on any atom is -0.493 e. The molecule has 0 saturated carbocycles. The molecular formula is C17H18N2O6S. The molecule has 1 heterocycles. The number of hydrogen-bond acceptors (Lipinski definition) is 6. The van der Waals surface area contributed by atoms with Gasteiger partial charge < -0.3 is 19.5 Å². The largest absolute Gasteiger partial charge is 0.493 e. The first-order chi connectivity index (χ1) is 12.4. The Morgan fingerprint density at radius 3 is 2.46 bits per heavy atom. The van der Waals surface area contributed by atoms with Crippen LogP contribution in [0.2, 0.25) is 0 Å². The molecule has 2 aromatic carbocycles. The number of benzene rings is 2. The Kier molecular flexibility index (Phi) is 5.01. The van der Waals surface area contributed by atoms with Gasteiger partial charge in [-0.15, -0.1) is 0 Å². The molecule has 0 fully saturated rings. The fourth-order valence-corrected chi connectivity index (χ4v) is 3.17. The number of anilines is 1. The highest BCUT2D eigenvalue weighted by Crippen LogP contribution is 2.40. The van der Waals surface area contributed by atoms with Crippen LogP contribution in [-0.4, -0.2) is 41.7 Å². The summed E-state index contributed by atoms with van der Waals surface area (Å²) in [5.74, 6) is 0.931. The molecule has 0 aromatic heterocycles. The molecule has 0 bridgehead atoms. The van der Waals surface area contributed by atoms with Crippen LogP contribution in [0.1, 0.15) is 10.4 Å². The molecule has 2 aromatic rings. The monoisotopic (exact) mass is 378 g/mol. The fourth-order valence-electron chi connectivity index (χ4n) is 2.44. The molecule has 0 radical (unpaired) electrons. The number of ether oxygens (including phenoxy) is 3. The van der Waals surface area contributed by atoms with E-state index in [4.69, 9.17) is 14.2 Å². The molecule has 9 heteroatoms. The van der Waals surface area contributed by atoms with E-state index in [1.165, 1.54) is 38.4 Å². The lowest BCUT2D eigenvalue weighted by molar-refractivity contribution is 0.102. The summed E-state index contributed by atoms with van der Waals surface area (Å²) in [6, 6.07) is 8.97. The highest BCUT2D eigenvalue weighted by Gasteiger charge is 2.21. The van der Waals surface area contributed by atoms with Crippen molar-refractivity contribution in [2.75, 3.05) is 32.7 Å². The topological polar surface area (TPSA) is 103 Å². The first kappa shape index (κ1) is 18.0. The van der Waals surface area contributed by atoms with Gasteiger partial charge in [-0.25, -0.2) is 13.1 Å². The average molecular weight is 378 g/mol. The Morgan fingerprint density at radius 1 is 1.12 bits per heavy atom. The molecule has 2 N–H and O–H groups in total. The summed E-state index contributed by atoms with van der Waals surface area (Å²) in [4.78, 5) is 12.6. The lowest BCUT2D eigenvalue weighted by Crippen LogP contribution is -2.19. The maximum absolute atomic E-state index is 12.5. The van der Waals surface area contributed by atoms with Crippen LogP contribution < -0.4 is 24.2 Å². The average Bonchev–Trinajstić information content (AvgIpc) is 2.67. The molecule has 0 atom stereocenters. The summed E-state index contributed by atoms with van der Waals surface area (Å²) in [5, 5.41) is 2.71. The second-order valence-corrected chi connectivity index (χ2v) is 7.28. The number of amides is 1. The van der Waals surface area contributed by atoms with Gasteiger partial charge in [-0.05, 0) is 43.4 Å². The van der Waals surface area contributed by atoms with Crippen LogP contribution in [0, 0.1) is 0 Å². The van der Waals surface area contributed by atoms with Crippen LogP contribution >= 0.6 is 0 Å². The highest BCUT2D eigenvalue weighted by atomic mass is 32.2. The SMILES string of the molecule is CNS(=O)(=O)c1ccc(NC(=O)c2cc(OC)c3c(c2)OCCO3)cc1. The van der Waals surface area contributed by atoms with Gasteiger partial charge in [-0.3, -0.25) is 4.79 Å². The van der Waals surface area contributed by atoms with E-state index in [2.05, 4.69) is 10.0 Å². The zero-order valence-electron chi connectivity index (χ0n) is 14.2. The lowest BCUT2D eigenvalue weighted by atomic mass is 10.1. The van der Waals surface area contributed by atoms with E-state index < -0.39 is 10.0 Å². The van der Waals surface area contributed by atoms with E-state index in [9.17, 15) is 13.2 Å². The molecule has 8 nitrogen and oxygen atoms in total. The summed E-state index contributed by atoms with van der Waals surface area (Å²) in [6.45, 7) is 0.805. The van der Waals surface area contributed by atoms with Crippen LogP contribution in [0.25, 0.3) is 0 Å². The molecule has 0 spiro atoms. The van der Waals surface area contributed by atoms with Crippen LogP contribution in [0.3, 0.4) is 0 Å². The third-order valence-corrected chi connectivity index (χ3v) is 5.21. The van der Waals surface area contributed by atoms with Crippen molar-refractivity contribution in [2.45, 2.75) is 4.90 Å². The van der Waals surface area contributed by atoms with Crippen molar-refractivity contribution in [2.24, 2.45) is 0 Å². The molecule has 1 aliphatic heterocycles. The van der Waals surface area contributed by atoms with Crippen molar-refractivity contribution >= 4 is 21.6 Å². The molecular weight excluding hydrogens is 360 g/mol. The Labute approximate surface area is 151 Å². The quantitative estimate of drug-likeness (QED) is 0.820. The van der Waals surface area contributed by atoms with Crippen molar-refractivity contribution in [3.8, 4) is 17.2 Å². The maximum Gasteiger partial charge on any atom is 0.255 e. The van der Waals surface area contributed by atoms with Crippen molar-refractivity contribution in [3.63, 3.8) is 0 Å². The third-order valence-electron chi connectivity index (χ3n) is 3.78. The van der Waals surface area contributed by atoms with Gasteiger partial charge in [0.2, 0.25) is 15.8 Å². The van der Waals surface area contributed by atoms with E-state index in [0.717, 1.165) is 0 Å². The van der Waals surface area contributed by atoms with Gasteiger partial charge >= 0.3 is 0 Å². The van der Waals surface area contributed by atoms with Crippen molar-refractivity contribution in [3.05, 3.63) is 42.0 Å². The van der Waals surface area contributed by atoms with Crippen molar-refractivity contribution in [1.82, 2.24) is 4.72 Å². The number of methoxy groups -OCH3 is 1. The summed E-state index contributed by atoms with van der Waals surface area (Å²) in [5.41, 5.74) is 0.789. The first-order valence-electron chi connectivity index (χ1n) is 7.77. The van der Waals surface area contributed by atoms with Crippen molar-refractivity contribution in [1.29, 1.82) is 0 Å². The second-order valence-electron chi connectivity index (χ2n) is 5.39. The van der Waals surface area contributed by atoms with E-state index in [1.54, 1.807) is 12.1 Å². The first-order valence-corrected chi connectivity index (χ1v) is 9.25. The van der Waals surface area contributed by atoms with Gasteiger partial charge in [0.15, 0.2) is 11.5 Å². The van der Waals surface area contributed by atoms with Crippen LogP contribution in [0.15, 0.2) is 41.3 Å². The van der Waals surface area contributed by atoms with Gasteiger partial charge in [0.25, 0.3) is 5.91 Å². The summed E-state index contributed by atoms with van der Waals surface area (Å²) >= 11 is 0. The number of hydrogen-bond donors (Lipinski definition) is 2. The molecule has 138 valence electrons. The highest BCUT2D eigenvalue weighted by molar-refractivity contribution is 7.89. The van der Waals surface area contributed by atoms with E-state index in [0.29, 0.717) is 41.7 Å². The third kappa shape index (κ3) is 3.58.